The lowest BCUT2D eigenvalue weighted by atomic mass is 9.81. The van der Waals surface area contributed by atoms with E-state index in [4.69, 9.17) is 14.2 Å². The quantitative estimate of drug-likeness (QED) is 0.244. The number of ether oxygens (including phenoxy) is 3. The van der Waals surface area contributed by atoms with E-state index in [1.54, 1.807) is 13.0 Å². The molecule has 2 aromatic carbocycles. The first-order chi connectivity index (χ1) is 15.7. The van der Waals surface area contributed by atoms with Crippen LogP contribution in [0.4, 0.5) is 10.5 Å². The molecular formula is C25H31NO8. The maximum Gasteiger partial charge on any atom is 0.515 e. The molecule has 0 aliphatic heterocycles. The van der Waals surface area contributed by atoms with Crippen LogP contribution in [-0.2, 0) is 25.1 Å². The molecule has 0 fully saturated rings. The van der Waals surface area contributed by atoms with E-state index in [2.05, 4.69) is 0 Å². The zero-order valence-electron chi connectivity index (χ0n) is 20.5. The largest absolute Gasteiger partial charge is 0.515 e. The predicted octanol–water partition coefficient (Wildman–Crippen LogP) is 5.72. The minimum Gasteiger partial charge on any atom is -0.508 e. The number of carbonyl (C=O) groups excluding carboxylic acids is 2. The van der Waals surface area contributed by atoms with Gasteiger partial charge in [0.25, 0.3) is 5.69 Å². The second-order valence-corrected chi connectivity index (χ2v) is 9.78. The molecule has 9 nitrogen and oxygen atoms in total. The Kier molecular flexibility index (Phi) is 7.92. The van der Waals surface area contributed by atoms with Crippen LogP contribution in [0.5, 0.6) is 11.5 Å². The number of nitrogens with zero attached hydrogens (tertiary/aromatic N) is 1. The molecule has 1 atom stereocenters. The molecule has 0 aliphatic rings. The fourth-order valence-corrected chi connectivity index (χ4v) is 3.38. The van der Waals surface area contributed by atoms with E-state index < -0.39 is 39.7 Å². The minimum atomic E-state index is -1.70. The molecule has 0 aliphatic carbocycles. The Bertz CT molecular complexity index is 1080. The minimum absolute atomic E-state index is 0.0184. The molecule has 0 saturated carbocycles. The summed E-state index contributed by atoms with van der Waals surface area (Å²) < 4.78 is 15.7. The number of nitro groups is 1. The fraction of sp³-hybridized carbons (Fsp3) is 0.440. The number of carbonyl (C=O) groups is 2. The summed E-state index contributed by atoms with van der Waals surface area (Å²) in [6, 6.07) is 8.52. The molecule has 0 saturated heterocycles. The second-order valence-electron chi connectivity index (χ2n) is 9.78. The van der Waals surface area contributed by atoms with Crippen molar-refractivity contribution >= 4 is 17.8 Å². The molecule has 1 unspecified atom stereocenters. The fourth-order valence-electron chi connectivity index (χ4n) is 3.38. The van der Waals surface area contributed by atoms with Gasteiger partial charge in [-0.15, -0.1) is 0 Å². The molecule has 0 spiro atoms. The number of nitro benzene ring substituents is 1. The van der Waals surface area contributed by atoms with Crippen LogP contribution in [-0.4, -0.2) is 28.8 Å². The van der Waals surface area contributed by atoms with Crippen LogP contribution in [0.3, 0.4) is 0 Å². The lowest BCUT2D eigenvalue weighted by Crippen LogP contribution is -2.25. The molecule has 0 bridgehead atoms. The first-order valence-electron chi connectivity index (χ1n) is 10.8. The normalized spacial score (nSPS) is 12.6. The third kappa shape index (κ3) is 6.24. The highest BCUT2D eigenvalue weighted by Gasteiger charge is 2.34. The van der Waals surface area contributed by atoms with Crippen molar-refractivity contribution in [2.75, 3.05) is 6.61 Å². The number of rotatable bonds is 6. The lowest BCUT2D eigenvalue weighted by molar-refractivity contribution is -0.386. The van der Waals surface area contributed by atoms with Crippen molar-refractivity contribution in [1.29, 1.82) is 0 Å². The summed E-state index contributed by atoms with van der Waals surface area (Å²) in [7, 11) is 0. The van der Waals surface area contributed by atoms with E-state index in [-0.39, 0.29) is 23.7 Å². The summed E-state index contributed by atoms with van der Waals surface area (Å²) in [4.78, 5) is 36.2. The topological polar surface area (TPSA) is 125 Å². The van der Waals surface area contributed by atoms with Gasteiger partial charge in [0.2, 0.25) is 6.10 Å². The zero-order chi connectivity index (χ0) is 25.8. The summed E-state index contributed by atoms with van der Waals surface area (Å²) in [5.41, 5.74) is -0.427. The van der Waals surface area contributed by atoms with Gasteiger partial charge in [-0.05, 0) is 36.0 Å². The molecule has 9 heteroatoms. The highest BCUT2D eigenvalue weighted by atomic mass is 16.7. The van der Waals surface area contributed by atoms with Crippen molar-refractivity contribution in [3.8, 4) is 11.5 Å². The molecule has 184 valence electrons. The van der Waals surface area contributed by atoms with Gasteiger partial charge in [0.15, 0.2) is 0 Å². The Morgan fingerprint density at radius 1 is 1.03 bits per heavy atom. The number of phenols is 1. The summed E-state index contributed by atoms with van der Waals surface area (Å²) in [5.74, 6) is -0.765. The molecule has 0 amide bonds. The number of hydrogen-bond acceptors (Lipinski definition) is 8. The molecule has 0 radical (unpaired) electrons. The third-order valence-electron chi connectivity index (χ3n) is 5.04. The number of benzene rings is 2. The van der Waals surface area contributed by atoms with E-state index in [0.29, 0.717) is 11.1 Å². The maximum atomic E-state index is 12.8. The average molecular weight is 474 g/mol. The van der Waals surface area contributed by atoms with Gasteiger partial charge >= 0.3 is 12.1 Å². The van der Waals surface area contributed by atoms with Crippen LogP contribution in [0.25, 0.3) is 0 Å². The molecule has 0 heterocycles. The number of hydrogen-bond donors (Lipinski definition) is 1. The van der Waals surface area contributed by atoms with Crippen LogP contribution in [0.2, 0.25) is 0 Å². The first kappa shape index (κ1) is 26.6. The Morgan fingerprint density at radius 3 is 2.15 bits per heavy atom. The van der Waals surface area contributed by atoms with E-state index >= 15 is 0 Å². The molecule has 1 N–H and O–H groups in total. The van der Waals surface area contributed by atoms with E-state index in [1.807, 2.05) is 41.5 Å². The first-order valence-corrected chi connectivity index (χ1v) is 10.8. The second kappa shape index (κ2) is 10.1. The average Bonchev–Trinajstić information content (AvgIpc) is 2.71. The summed E-state index contributed by atoms with van der Waals surface area (Å²) in [6.45, 7) is 12.9. The van der Waals surface area contributed by atoms with Gasteiger partial charge in [-0.2, -0.15) is 0 Å². The summed E-state index contributed by atoms with van der Waals surface area (Å²) in [5, 5.41) is 22.0. The van der Waals surface area contributed by atoms with Gasteiger partial charge in [-0.1, -0.05) is 53.7 Å². The summed E-state index contributed by atoms with van der Waals surface area (Å²) in [6.07, 6.45) is -2.95. The van der Waals surface area contributed by atoms with Crippen LogP contribution >= 0.6 is 0 Å². The molecular weight excluding hydrogens is 442 g/mol. The smallest absolute Gasteiger partial charge is 0.508 e. The monoisotopic (exact) mass is 473 g/mol. The number of para-hydroxylation sites is 1. The highest BCUT2D eigenvalue weighted by molar-refractivity contribution is 5.81. The van der Waals surface area contributed by atoms with E-state index in [0.717, 1.165) is 0 Å². The van der Waals surface area contributed by atoms with Gasteiger partial charge < -0.3 is 19.3 Å². The van der Waals surface area contributed by atoms with Gasteiger partial charge in [-0.3, -0.25) is 10.1 Å². The Balaban J connectivity index is 2.49. The predicted molar refractivity (Wildman–Crippen MR) is 125 cm³/mol. The van der Waals surface area contributed by atoms with Crippen LogP contribution in [0, 0.1) is 10.1 Å². The number of esters is 1. The Hall–Kier alpha value is -3.62. The standard InChI is InChI=1S/C25H31NO8/c1-8-32-22(28)21(15-11-9-10-12-18(15)26(30)31)34-23(29)33-20-14-16(24(2,3)4)19(27)13-17(20)25(5,6)7/h9-14,21,27H,8H2,1-7H3. The molecule has 34 heavy (non-hydrogen) atoms. The van der Waals surface area contributed by atoms with Crippen molar-refractivity contribution in [2.45, 2.75) is 65.4 Å². The zero-order valence-corrected chi connectivity index (χ0v) is 20.5. The summed E-state index contributed by atoms with van der Waals surface area (Å²) >= 11 is 0. The van der Waals surface area contributed by atoms with E-state index in [1.165, 1.54) is 30.3 Å². The molecule has 0 aromatic heterocycles. The van der Waals surface area contributed by atoms with Gasteiger partial charge in [0.1, 0.15) is 11.5 Å². The lowest BCUT2D eigenvalue weighted by Gasteiger charge is -2.27. The van der Waals surface area contributed by atoms with Crippen molar-refractivity contribution in [1.82, 2.24) is 0 Å². The maximum absolute atomic E-state index is 12.8. The van der Waals surface area contributed by atoms with Gasteiger partial charge in [-0.25, -0.2) is 9.59 Å². The Morgan fingerprint density at radius 2 is 1.62 bits per heavy atom. The van der Waals surface area contributed by atoms with Crippen molar-refractivity contribution in [2.24, 2.45) is 0 Å². The molecule has 2 aromatic rings. The molecule has 2 rings (SSSR count). The van der Waals surface area contributed by atoms with Crippen LogP contribution < -0.4 is 4.74 Å². The van der Waals surface area contributed by atoms with E-state index in [9.17, 15) is 24.8 Å². The number of phenolic OH excluding ortho intramolecular Hbond substituents is 1. The van der Waals surface area contributed by atoms with Crippen LogP contribution in [0.15, 0.2) is 36.4 Å². The van der Waals surface area contributed by atoms with Crippen molar-refractivity contribution < 1.29 is 33.8 Å². The highest BCUT2D eigenvalue weighted by Crippen LogP contribution is 2.41. The third-order valence-corrected chi connectivity index (χ3v) is 5.04. The van der Waals surface area contributed by atoms with Gasteiger partial charge in [0, 0.05) is 17.2 Å². The van der Waals surface area contributed by atoms with Crippen molar-refractivity contribution in [3.05, 3.63) is 63.2 Å². The van der Waals surface area contributed by atoms with Gasteiger partial charge in [0.05, 0.1) is 17.1 Å². The number of aromatic hydroxyl groups is 1. The SMILES string of the molecule is CCOC(=O)C(OC(=O)Oc1cc(C(C)(C)C)c(O)cc1C(C)(C)C)c1ccccc1[N+](=O)[O-]. The van der Waals surface area contributed by atoms with Crippen LogP contribution in [0.1, 0.15) is 71.3 Å². The Labute approximate surface area is 198 Å². The van der Waals surface area contributed by atoms with Crippen molar-refractivity contribution in [3.63, 3.8) is 0 Å².